The fourth-order valence-corrected chi connectivity index (χ4v) is 3.17. The first-order chi connectivity index (χ1) is 13.6. The molecule has 2 rings (SSSR count). The number of nitrogens with zero attached hydrogens (tertiary/aromatic N) is 2. The molecule has 0 amide bonds. The Kier molecular flexibility index (Phi) is 10.0. The molecule has 0 unspecified atom stereocenters. The van der Waals surface area contributed by atoms with Crippen molar-refractivity contribution in [3.05, 3.63) is 59.7 Å². The van der Waals surface area contributed by atoms with Gasteiger partial charge in [-0.05, 0) is 49.9 Å². The van der Waals surface area contributed by atoms with Crippen LogP contribution in [0.1, 0.15) is 36.8 Å². The Morgan fingerprint density at radius 3 is 1.46 bits per heavy atom. The lowest BCUT2D eigenvalue weighted by Gasteiger charge is -2.13. The van der Waals surface area contributed by atoms with Gasteiger partial charge in [0, 0.05) is 47.1 Å². The monoisotopic (exact) mass is 416 g/mol. The van der Waals surface area contributed by atoms with E-state index in [4.69, 9.17) is 0 Å². The van der Waals surface area contributed by atoms with Gasteiger partial charge in [-0.25, -0.2) is 0 Å². The van der Waals surface area contributed by atoms with E-state index in [2.05, 4.69) is 35.2 Å². The van der Waals surface area contributed by atoms with Crippen molar-refractivity contribution in [3.8, 4) is 11.5 Å². The van der Waals surface area contributed by atoms with E-state index in [9.17, 15) is 10.2 Å². The van der Waals surface area contributed by atoms with Crippen LogP contribution in [-0.4, -0.2) is 46.2 Å². The minimum atomic E-state index is 0.247. The largest absolute Gasteiger partial charge is 0.507 e. The van der Waals surface area contributed by atoms with Crippen molar-refractivity contribution in [1.82, 2.24) is 0 Å². The number of phenols is 2. The number of aromatic hydroxyl groups is 2. The highest BCUT2D eigenvalue weighted by molar-refractivity contribution is 7.81. The maximum Gasteiger partial charge on any atom is 0.124 e. The van der Waals surface area contributed by atoms with E-state index in [0.29, 0.717) is 13.1 Å². The van der Waals surface area contributed by atoms with Gasteiger partial charge in [0.15, 0.2) is 0 Å². The summed E-state index contributed by atoms with van der Waals surface area (Å²) in [6, 6.07) is 14.3. The number of benzene rings is 2. The van der Waals surface area contributed by atoms with Crippen LogP contribution in [0.2, 0.25) is 0 Å². The van der Waals surface area contributed by atoms with Crippen LogP contribution in [0.4, 0.5) is 0 Å². The molecular formula is C22H28N2O2S2. The lowest BCUT2D eigenvalue weighted by molar-refractivity contribution is 0.474. The van der Waals surface area contributed by atoms with E-state index in [1.165, 1.54) is 0 Å². The summed E-state index contributed by atoms with van der Waals surface area (Å²) in [5.41, 5.74) is 1.47. The Balaban J connectivity index is 1.59. The predicted molar refractivity (Wildman–Crippen MR) is 125 cm³/mol. The van der Waals surface area contributed by atoms with Crippen LogP contribution < -0.4 is 0 Å². The molecule has 2 atom stereocenters. The molecule has 0 saturated heterocycles. The quantitative estimate of drug-likeness (QED) is 0.314. The molecule has 0 bridgehead atoms. The van der Waals surface area contributed by atoms with Gasteiger partial charge in [0.2, 0.25) is 0 Å². The molecule has 2 aromatic rings. The summed E-state index contributed by atoms with van der Waals surface area (Å²) in [7, 11) is 0. The second-order valence-corrected chi connectivity index (χ2v) is 8.11. The summed E-state index contributed by atoms with van der Waals surface area (Å²) in [6.07, 6.45) is 7.15. The van der Waals surface area contributed by atoms with Gasteiger partial charge in [-0.3, -0.25) is 9.98 Å². The highest BCUT2D eigenvalue weighted by atomic mass is 32.1. The topological polar surface area (TPSA) is 65.2 Å². The van der Waals surface area contributed by atoms with Crippen molar-refractivity contribution < 1.29 is 10.2 Å². The van der Waals surface area contributed by atoms with E-state index in [1.54, 1.807) is 36.7 Å². The molecule has 0 fully saturated rings. The Hall–Kier alpha value is -1.92. The van der Waals surface area contributed by atoms with Gasteiger partial charge in [-0.15, -0.1) is 0 Å². The van der Waals surface area contributed by atoms with E-state index in [1.807, 2.05) is 24.3 Å². The number of phenolic OH excluding ortho intramolecular Hbond substituents is 2. The summed E-state index contributed by atoms with van der Waals surface area (Å²) in [5, 5.41) is 19.9. The van der Waals surface area contributed by atoms with Crippen LogP contribution in [0.25, 0.3) is 0 Å². The number of aliphatic imine (C=N–C) groups is 2. The molecule has 150 valence electrons. The standard InChI is InChI=1S/C22H28N2O2S2/c25-21-7-3-1-5-17(21)15-23-13-11-19(27)9-10-20(28)12-14-24-16-18-6-2-4-8-22(18)26/h1-8,15-16,19-20,25-28H,9-14H2/t19-,20+. The number of rotatable bonds is 11. The molecule has 6 heteroatoms. The zero-order chi connectivity index (χ0) is 20.2. The average Bonchev–Trinajstić information content (AvgIpc) is 2.69. The van der Waals surface area contributed by atoms with E-state index in [-0.39, 0.29) is 22.0 Å². The second kappa shape index (κ2) is 12.5. The third-order valence-electron chi connectivity index (χ3n) is 4.35. The normalized spacial score (nSPS) is 13.9. The van der Waals surface area contributed by atoms with E-state index < -0.39 is 0 Å². The van der Waals surface area contributed by atoms with E-state index >= 15 is 0 Å². The van der Waals surface area contributed by atoms with Gasteiger partial charge >= 0.3 is 0 Å². The van der Waals surface area contributed by atoms with Gasteiger partial charge in [-0.1, -0.05) is 24.3 Å². The first-order valence-corrected chi connectivity index (χ1v) is 10.5. The van der Waals surface area contributed by atoms with Gasteiger partial charge in [0.1, 0.15) is 11.5 Å². The summed E-state index contributed by atoms with van der Waals surface area (Å²) < 4.78 is 0. The van der Waals surface area contributed by atoms with Crippen LogP contribution >= 0.6 is 25.3 Å². The molecule has 28 heavy (non-hydrogen) atoms. The summed E-state index contributed by atoms with van der Waals surface area (Å²) in [5.74, 6) is 0.494. The Bertz CT molecular complexity index is 715. The number of hydrogen-bond donors (Lipinski definition) is 4. The van der Waals surface area contributed by atoms with Crippen LogP contribution in [0, 0.1) is 0 Å². The van der Waals surface area contributed by atoms with Crippen molar-refractivity contribution >= 4 is 37.7 Å². The molecule has 0 spiro atoms. The molecular weight excluding hydrogens is 388 g/mol. The Morgan fingerprint density at radius 2 is 1.07 bits per heavy atom. The second-order valence-electron chi connectivity index (χ2n) is 6.65. The summed E-state index contributed by atoms with van der Waals surface area (Å²) >= 11 is 9.28. The maximum absolute atomic E-state index is 9.69. The molecule has 2 aromatic carbocycles. The lowest BCUT2D eigenvalue weighted by Crippen LogP contribution is -2.07. The fourth-order valence-electron chi connectivity index (χ4n) is 2.64. The van der Waals surface area contributed by atoms with Gasteiger partial charge in [-0.2, -0.15) is 25.3 Å². The highest BCUT2D eigenvalue weighted by Gasteiger charge is 2.08. The Morgan fingerprint density at radius 1 is 0.679 bits per heavy atom. The van der Waals surface area contributed by atoms with Gasteiger partial charge in [0.25, 0.3) is 0 Å². The molecule has 0 aromatic heterocycles. The molecule has 2 N–H and O–H groups in total. The minimum absolute atomic E-state index is 0.247. The molecule has 0 radical (unpaired) electrons. The van der Waals surface area contributed by atoms with Gasteiger partial charge < -0.3 is 10.2 Å². The summed E-state index contributed by atoms with van der Waals surface area (Å²) in [6.45, 7) is 1.37. The third-order valence-corrected chi connectivity index (χ3v) is 5.38. The highest BCUT2D eigenvalue weighted by Crippen LogP contribution is 2.17. The molecule has 0 saturated carbocycles. The zero-order valence-corrected chi connectivity index (χ0v) is 17.6. The van der Waals surface area contributed by atoms with Crippen molar-refractivity contribution in [2.75, 3.05) is 13.1 Å². The third kappa shape index (κ3) is 8.40. The molecule has 0 aliphatic carbocycles. The lowest BCUT2D eigenvalue weighted by atomic mass is 10.1. The first kappa shape index (κ1) is 22.4. The van der Waals surface area contributed by atoms with Crippen LogP contribution in [0.5, 0.6) is 11.5 Å². The molecule has 0 aliphatic heterocycles. The average molecular weight is 417 g/mol. The number of para-hydroxylation sites is 2. The van der Waals surface area contributed by atoms with Crippen LogP contribution in [-0.2, 0) is 0 Å². The smallest absolute Gasteiger partial charge is 0.124 e. The minimum Gasteiger partial charge on any atom is -0.507 e. The van der Waals surface area contributed by atoms with Crippen molar-refractivity contribution in [3.63, 3.8) is 0 Å². The maximum atomic E-state index is 9.69. The van der Waals surface area contributed by atoms with Gasteiger partial charge in [0.05, 0.1) is 0 Å². The van der Waals surface area contributed by atoms with Crippen molar-refractivity contribution in [2.45, 2.75) is 36.2 Å². The van der Waals surface area contributed by atoms with Crippen LogP contribution in [0.3, 0.4) is 0 Å². The zero-order valence-electron chi connectivity index (χ0n) is 15.9. The van der Waals surface area contributed by atoms with Crippen molar-refractivity contribution in [2.24, 2.45) is 9.98 Å². The Labute approximate surface area is 178 Å². The predicted octanol–water partition coefficient (Wildman–Crippen LogP) is 4.79. The molecule has 4 nitrogen and oxygen atoms in total. The first-order valence-electron chi connectivity index (χ1n) is 9.48. The fraction of sp³-hybridized carbons (Fsp3) is 0.364. The molecule has 0 heterocycles. The summed E-state index contributed by atoms with van der Waals surface area (Å²) in [4.78, 5) is 8.75. The van der Waals surface area contributed by atoms with Crippen molar-refractivity contribution in [1.29, 1.82) is 0 Å². The van der Waals surface area contributed by atoms with Crippen LogP contribution in [0.15, 0.2) is 58.5 Å². The molecule has 0 aliphatic rings. The SMILES string of the molecule is Oc1ccccc1C=NCC[C@@H](S)CC[C@@H](S)CCN=Cc1ccccc1O. The number of thiol groups is 2. The number of hydrogen-bond acceptors (Lipinski definition) is 6. The van der Waals surface area contributed by atoms with E-state index in [0.717, 1.165) is 36.8 Å².